The standard InChI is InChI=1S/C20H24IN2O3/c1-21-19-9-5-10-22-11-8-14-13-6-3-4-7-15(13)23(16(14)17(19)22)20(25,12-19)18(24)26-2/h3-4,6-7,17,25H,5,8-12H2,1-2H3/q-1/t17-,19-,20+/m1/s1. The van der Waals surface area contributed by atoms with Crippen LogP contribution in [0.1, 0.15) is 36.6 Å². The summed E-state index contributed by atoms with van der Waals surface area (Å²) in [6.45, 7) is 2.20. The third-order valence-corrected chi connectivity index (χ3v) is 10.3. The van der Waals surface area contributed by atoms with Crippen LogP contribution in [0, 0.1) is 0 Å². The molecule has 1 N–H and O–H groups in total. The van der Waals surface area contributed by atoms with Crippen LogP contribution in [0.3, 0.4) is 0 Å². The summed E-state index contributed by atoms with van der Waals surface area (Å²) >= 11 is -0.171. The molecule has 3 aliphatic heterocycles. The number of rotatable bonds is 2. The second-order valence-corrected chi connectivity index (χ2v) is 10.9. The van der Waals surface area contributed by atoms with Crippen molar-refractivity contribution in [3.8, 4) is 0 Å². The first-order valence-electron chi connectivity index (χ1n) is 9.24. The number of esters is 1. The molecule has 1 saturated heterocycles. The SMILES string of the molecule is COC(=O)[C@@]1(O)C[C@]2([I-]C)CCCN3CCc4c(n1c1ccccc41)[C@@H]32. The van der Waals surface area contributed by atoms with E-state index in [0.29, 0.717) is 12.5 Å². The van der Waals surface area contributed by atoms with Crippen molar-refractivity contribution in [3.63, 3.8) is 0 Å². The third-order valence-electron chi connectivity index (χ3n) is 6.62. The Balaban J connectivity index is 1.89. The number of hydrogen-bond acceptors (Lipinski definition) is 4. The molecule has 0 bridgehead atoms. The summed E-state index contributed by atoms with van der Waals surface area (Å²) in [5, 5.41) is 12.9. The van der Waals surface area contributed by atoms with E-state index in [4.69, 9.17) is 4.74 Å². The number of aromatic nitrogens is 1. The van der Waals surface area contributed by atoms with Crippen molar-refractivity contribution in [2.75, 3.05) is 25.1 Å². The van der Waals surface area contributed by atoms with Crippen LogP contribution in [0.25, 0.3) is 10.9 Å². The average Bonchev–Trinajstić information content (AvgIpc) is 3.02. The van der Waals surface area contributed by atoms with E-state index in [2.05, 4.69) is 22.0 Å². The number of hydrogen-bond donors (Lipinski definition) is 1. The number of piperidine rings is 1. The molecule has 140 valence electrons. The van der Waals surface area contributed by atoms with Gasteiger partial charge >= 0.3 is 164 Å². The number of carbonyl (C=O) groups is 1. The van der Waals surface area contributed by atoms with E-state index in [1.165, 1.54) is 23.8 Å². The van der Waals surface area contributed by atoms with Gasteiger partial charge in [-0.15, -0.1) is 0 Å². The molecule has 6 heteroatoms. The van der Waals surface area contributed by atoms with Crippen molar-refractivity contribution in [3.05, 3.63) is 35.5 Å². The molecule has 0 radical (unpaired) electrons. The van der Waals surface area contributed by atoms with E-state index < -0.39 is 11.7 Å². The molecule has 26 heavy (non-hydrogen) atoms. The van der Waals surface area contributed by atoms with Crippen LogP contribution >= 0.6 is 0 Å². The van der Waals surface area contributed by atoms with Gasteiger partial charge in [0.1, 0.15) is 0 Å². The van der Waals surface area contributed by atoms with Gasteiger partial charge in [0.15, 0.2) is 0 Å². The molecule has 2 aromatic rings. The number of alkyl halides is 2. The minimum absolute atomic E-state index is 0.0274. The summed E-state index contributed by atoms with van der Waals surface area (Å²) in [7, 11) is 1.38. The molecular formula is C20H24IN2O3-. The van der Waals surface area contributed by atoms with E-state index in [-0.39, 0.29) is 24.6 Å². The maximum atomic E-state index is 12.8. The predicted octanol–water partition coefficient (Wildman–Crippen LogP) is -0.986. The molecule has 0 unspecified atom stereocenters. The van der Waals surface area contributed by atoms with Gasteiger partial charge in [-0.05, 0) is 0 Å². The summed E-state index contributed by atoms with van der Waals surface area (Å²) in [6.07, 6.45) is 3.70. The van der Waals surface area contributed by atoms with Gasteiger partial charge in [0.2, 0.25) is 0 Å². The van der Waals surface area contributed by atoms with Crippen molar-refractivity contribution in [2.24, 2.45) is 0 Å². The topological polar surface area (TPSA) is 54.7 Å². The molecule has 3 aliphatic rings. The predicted molar refractivity (Wildman–Crippen MR) is 94.7 cm³/mol. The van der Waals surface area contributed by atoms with E-state index in [1.807, 2.05) is 16.7 Å². The quantitative estimate of drug-likeness (QED) is 0.351. The van der Waals surface area contributed by atoms with Crippen molar-refractivity contribution in [1.29, 1.82) is 0 Å². The Morgan fingerprint density at radius 2 is 2.15 bits per heavy atom. The molecule has 5 nitrogen and oxygen atoms in total. The molecule has 4 heterocycles. The zero-order chi connectivity index (χ0) is 18.1. The van der Waals surface area contributed by atoms with Crippen molar-refractivity contribution < 1.29 is 35.8 Å². The van der Waals surface area contributed by atoms with Gasteiger partial charge in [-0.1, -0.05) is 0 Å². The van der Waals surface area contributed by atoms with Crippen molar-refractivity contribution >= 4 is 16.9 Å². The molecule has 1 aromatic carbocycles. The van der Waals surface area contributed by atoms with Crippen LogP contribution in [0.2, 0.25) is 0 Å². The summed E-state index contributed by atoms with van der Waals surface area (Å²) < 4.78 is 7.07. The Labute approximate surface area is 163 Å². The summed E-state index contributed by atoms with van der Waals surface area (Å²) in [5.41, 5.74) is 1.86. The third kappa shape index (κ3) is 1.95. The number of halogens is 1. The molecule has 3 atom stereocenters. The maximum absolute atomic E-state index is 12.8. The average molecular weight is 467 g/mol. The Bertz CT molecular complexity index is 910. The van der Waals surface area contributed by atoms with E-state index in [9.17, 15) is 9.90 Å². The summed E-state index contributed by atoms with van der Waals surface area (Å²) in [6, 6.07) is 8.53. The second-order valence-electron chi connectivity index (χ2n) is 7.72. The van der Waals surface area contributed by atoms with Gasteiger partial charge in [0.05, 0.1) is 0 Å². The molecule has 0 amide bonds. The number of para-hydroxylation sites is 1. The van der Waals surface area contributed by atoms with Crippen LogP contribution < -0.4 is 21.2 Å². The monoisotopic (exact) mass is 467 g/mol. The first-order chi connectivity index (χ1) is 12.6. The minimum atomic E-state index is -1.60. The molecule has 0 spiro atoms. The number of benzene rings is 1. The number of methoxy groups -OCH3 is 1. The van der Waals surface area contributed by atoms with Crippen molar-refractivity contribution in [2.45, 2.75) is 40.9 Å². The Morgan fingerprint density at radius 1 is 1.35 bits per heavy atom. The molecule has 1 aromatic heterocycles. The number of ether oxygens (including phenoxy) is 1. The first kappa shape index (κ1) is 17.0. The Kier molecular flexibility index (Phi) is 3.72. The number of nitrogens with zero attached hydrogens (tertiary/aromatic N) is 2. The zero-order valence-corrected chi connectivity index (χ0v) is 17.3. The number of fused-ring (bicyclic) bond motifs is 3. The van der Waals surface area contributed by atoms with E-state index >= 15 is 0 Å². The fourth-order valence-corrected chi connectivity index (χ4v) is 8.74. The van der Waals surface area contributed by atoms with Crippen LogP contribution in [0.15, 0.2) is 24.3 Å². The van der Waals surface area contributed by atoms with Gasteiger partial charge in [-0.2, -0.15) is 0 Å². The van der Waals surface area contributed by atoms with E-state index in [0.717, 1.165) is 37.9 Å². The Hall–Kier alpha value is -1.12. The molecule has 0 saturated carbocycles. The summed E-state index contributed by atoms with van der Waals surface area (Å²) in [5.74, 6) is -0.529. The van der Waals surface area contributed by atoms with Gasteiger partial charge in [0, 0.05) is 0 Å². The fraction of sp³-hybridized carbons (Fsp3) is 0.550. The van der Waals surface area contributed by atoms with Gasteiger partial charge in [-0.25, -0.2) is 0 Å². The molecule has 5 rings (SSSR count). The van der Waals surface area contributed by atoms with Gasteiger partial charge < -0.3 is 0 Å². The van der Waals surface area contributed by atoms with Gasteiger partial charge in [-0.3, -0.25) is 0 Å². The normalized spacial score (nSPS) is 33.3. The molecular weight excluding hydrogens is 443 g/mol. The van der Waals surface area contributed by atoms with Crippen molar-refractivity contribution in [1.82, 2.24) is 9.47 Å². The van der Waals surface area contributed by atoms with E-state index in [1.54, 1.807) is 0 Å². The summed E-state index contributed by atoms with van der Waals surface area (Å²) in [4.78, 5) is 17.8. The van der Waals surface area contributed by atoms with Gasteiger partial charge in [0.25, 0.3) is 0 Å². The van der Waals surface area contributed by atoms with Crippen LogP contribution in [0.4, 0.5) is 0 Å². The number of aliphatic hydroxyl groups is 1. The molecule has 1 fully saturated rings. The second kappa shape index (κ2) is 5.69. The first-order valence-corrected chi connectivity index (χ1v) is 12.5. The zero-order valence-electron chi connectivity index (χ0n) is 15.2. The Morgan fingerprint density at radius 3 is 2.92 bits per heavy atom. The molecule has 0 aliphatic carbocycles. The fourth-order valence-electron chi connectivity index (χ4n) is 5.62. The van der Waals surface area contributed by atoms with Crippen LogP contribution in [0.5, 0.6) is 0 Å². The van der Waals surface area contributed by atoms with Crippen LogP contribution in [-0.2, 0) is 21.7 Å². The van der Waals surface area contributed by atoms with Crippen LogP contribution in [-0.4, -0.2) is 49.1 Å². The number of carbonyl (C=O) groups excluding carboxylic acids is 1.